The smallest absolute Gasteiger partial charge is 0.257 e. The zero-order valence-corrected chi connectivity index (χ0v) is 15.8. The van der Waals surface area contributed by atoms with E-state index in [1.807, 2.05) is 35.9 Å². The lowest BCUT2D eigenvalue weighted by Crippen LogP contribution is -2.28. The van der Waals surface area contributed by atoms with Crippen molar-refractivity contribution in [1.29, 1.82) is 0 Å². The van der Waals surface area contributed by atoms with Crippen molar-refractivity contribution in [2.24, 2.45) is 4.99 Å². The van der Waals surface area contributed by atoms with Crippen molar-refractivity contribution in [3.8, 4) is 0 Å². The number of hydrogen-bond donors (Lipinski definition) is 1. The molecule has 4 rings (SSSR count). The topological polar surface area (TPSA) is 59.3 Å². The van der Waals surface area contributed by atoms with Crippen molar-refractivity contribution >= 4 is 33.4 Å². The number of amides is 1. The van der Waals surface area contributed by atoms with Crippen LogP contribution in [0.3, 0.4) is 0 Å². The standard InChI is InChI=1S/C19H21BrN4O/c1-2-15-17-18(24(23-15)14-5-3-4-6-14)22-16(11-21-19(17)25)12-7-9-13(20)10-8-12/h7-10,14H,2-6,11H2,1H3,(H,21,25). The number of halogens is 1. The summed E-state index contributed by atoms with van der Waals surface area (Å²) in [5.74, 6) is 0.670. The summed E-state index contributed by atoms with van der Waals surface area (Å²) in [7, 11) is 0. The van der Waals surface area contributed by atoms with Gasteiger partial charge >= 0.3 is 0 Å². The van der Waals surface area contributed by atoms with E-state index in [1.165, 1.54) is 12.8 Å². The second-order valence-electron chi connectivity index (χ2n) is 6.63. The molecule has 5 nitrogen and oxygen atoms in total. The van der Waals surface area contributed by atoms with E-state index in [4.69, 9.17) is 10.1 Å². The van der Waals surface area contributed by atoms with Gasteiger partial charge in [-0.15, -0.1) is 0 Å². The Morgan fingerprint density at radius 1 is 1.24 bits per heavy atom. The number of benzene rings is 1. The number of hydrogen-bond acceptors (Lipinski definition) is 3. The van der Waals surface area contributed by atoms with Crippen LogP contribution < -0.4 is 5.32 Å². The summed E-state index contributed by atoms with van der Waals surface area (Å²) in [6.45, 7) is 2.47. The van der Waals surface area contributed by atoms with E-state index < -0.39 is 0 Å². The van der Waals surface area contributed by atoms with E-state index in [0.717, 1.165) is 46.5 Å². The molecule has 2 aliphatic rings. The molecular weight excluding hydrogens is 380 g/mol. The molecule has 130 valence electrons. The maximum Gasteiger partial charge on any atom is 0.257 e. The van der Waals surface area contributed by atoms with Crippen LogP contribution in [0.5, 0.6) is 0 Å². The Morgan fingerprint density at radius 3 is 2.64 bits per heavy atom. The first-order valence-corrected chi connectivity index (χ1v) is 9.69. The fourth-order valence-electron chi connectivity index (χ4n) is 3.69. The largest absolute Gasteiger partial charge is 0.346 e. The number of aliphatic imine (C=N–C) groups is 1. The second-order valence-corrected chi connectivity index (χ2v) is 7.55. The van der Waals surface area contributed by atoms with Crippen LogP contribution in [-0.2, 0) is 6.42 Å². The van der Waals surface area contributed by atoms with Gasteiger partial charge in [0, 0.05) is 4.47 Å². The zero-order valence-electron chi connectivity index (χ0n) is 14.3. The molecule has 1 aliphatic heterocycles. The quantitative estimate of drug-likeness (QED) is 0.839. The summed E-state index contributed by atoms with van der Waals surface area (Å²) in [5.41, 5.74) is 3.40. The van der Waals surface area contributed by atoms with Crippen LogP contribution in [0.15, 0.2) is 33.7 Å². The van der Waals surface area contributed by atoms with Gasteiger partial charge in [-0.3, -0.25) is 4.79 Å². The Balaban J connectivity index is 1.85. The molecular formula is C19H21BrN4O. The molecule has 1 aliphatic carbocycles. The third-order valence-electron chi connectivity index (χ3n) is 5.02. The highest BCUT2D eigenvalue weighted by molar-refractivity contribution is 9.10. The van der Waals surface area contributed by atoms with Crippen molar-refractivity contribution in [1.82, 2.24) is 15.1 Å². The predicted molar refractivity (Wildman–Crippen MR) is 102 cm³/mol. The molecule has 1 aromatic carbocycles. The van der Waals surface area contributed by atoms with Crippen LogP contribution in [0.4, 0.5) is 5.82 Å². The molecule has 2 aromatic rings. The summed E-state index contributed by atoms with van der Waals surface area (Å²) in [5, 5.41) is 7.78. The Morgan fingerprint density at radius 2 is 1.96 bits per heavy atom. The number of carbonyl (C=O) groups excluding carboxylic acids is 1. The highest BCUT2D eigenvalue weighted by Gasteiger charge is 2.30. The van der Waals surface area contributed by atoms with Gasteiger partial charge in [0.1, 0.15) is 5.56 Å². The van der Waals surface area contributed by atoms with Crippen molar-refractivity contribution < 1.29 is 4.79 Å². The summed E-state index contributed by atoms with van der Waals surface area (Å²) < 4.78 is 3.05. The number of aryl methyl sites for hydroxylation is 1. The lowest BCUT2D eigenvalue weighted by molar-refractivity contribution is 0.0960. The van der Waals surface area contributed by atoms with E-state index in [-0.39, 0.29) is 5.91 Å². The number of aromatic nitrogens is 2. The van der Waals surface area contributed by atoms with Crippen LogP contribution in [-0.4, -0.2) is 27.9 Å². The molecule has 0 atom stereocenters. The second kappa shape index (κ2) is 6.75. The molecule has 1 aromatic heterocycles. The Kier molecular flexibility index (Phi) is 4.46. The van der Waals surface area contributed by atoms with Gasteiger partial charge in [-0.25, -0.2) is 9.67 Å². The van der Waals surface area contributed by atoms with Crippen LogP contribution >= 0.6 is 15.9 Å². The molecule has 0 spiro atoms. The highest BCUT2D eigenvalue weighted by Crippen LogP contribution is 2.36. The monoisotopic (exact) mass is 400 g/mol. The van der Waals surface area contributed by atoms with Gasteiger partial charge in [0.05, 0.1) is 24.0 Å². The minimum absolute atomic E-state index is 0.0630. The minimum atomic E-state index is -0.0630. The van der Waals surface area contributed by atoms with Gasteiger partial charge in [0.25, 0.3) is 5.91 Å². The number of rotatable bonds is 3. The van der Waals surface area contributed by atoms with Crippen LogP contribution in [0.1, 0.15) is 60.3 Å². The van der Waals surface area contributed by atoms with Crippen LogP contribution in [0, 0.1) is 0 Å². The van der Waals surface area contributed by atoms with Crippen LogP contribution in [0.2, 0.25) is 0 Å². The number of carbonyl (C=O) groups is 1. The molecule has 25 heavy (non-hydrogen) atoms. The summed E-state index contributed by atoms with van der Waals surface area (Å²) in [6, 6.07) is 8.40. The maximum atomic E-state index is 12.7. The van der Waals surface area contributed by atoms with E-state index >= 15 is 0 Å². The van der Waals surface area contributed by atoms with Gasteiger partial charge in [-0.05, 0) is 37.0 Å². The van der Waals surface area contributed by atoms with Gasteiger partial charge in [0.15, 0.2) is 5.82 Å². The zero-order chi connectivity index (χ0) is 17.4. The van der Waals surface area contributed by atoms with Crippen molar-refractivity contribution in [3.05, 3.63) is 45.6 Å². The number of nitrogens with zero attached hydrogens (tertiary/aromatic N) is 3. The van der Waals surface area contributed by atoms with Gasteiger partial charge in [0.2, 0.25) is 0 Å². The summed E-state index contributed by atoms with van der Waals surface area (Å²) in [6.07, 6.45) is 5.40. The van der Waals surface area contributed by atoms with Crippen molar-refractivity contribution in [2.75, 3.05) is 6.54 Å². The van der Waals surface area contributed by atoms with Gasteiger partial charge in [-0.2, -0.15) is 5.10 Å². The molecule has 0 radical (unpaired) electrons. The van der Waals surface area contributed by atoms with E-state index in [1.54, 1.807) is 0 Å². The number of fused-ring (bicyclic) bond motifs is 1. The van der Waals surface area contributed by atoms with E-state index in [0.29, 0.717) is 18.2 Å². The molecule has 0 saturated heterocycles. The van der Waals surface area contributed by atoms with E-state index in [2.05, 4.69) is 21.2 Å². The molecule has 1 fully saturated rings. The average Bonchev–Trinajstić information content (AvgIpc) is 3.23. The lowest BCUT2D eigenvalue weighted by atomic mass is 10.1. The maximum absolute atomic E-state index is 12.7. The summed E-state index contributed by atoms with van der Waals surface area (Å²) >= 11 is 3.47. The fourth-order valence-corrected chi connectivity index (χ4v) is 3.95. The van der Waals surface area contributed by atoms with Crippen molar-refractivity contribution in [2.45, 2.75) is 45.1 Å². The molecule has 2 heterocycles. The SMILES string of the molecule is CCc1nn(C2CCCC2)c2c1C(=O)NCC(c1ccc(Br)cc1)=N2. The van der Waals surface area contributed by atoms with Gasteiger partial charge < -0.3 is 5.32 Å². The van der Waals surface area contributed by atoms with Crippen molar-refractivity contribution in [3.63, 3.8) is 0 Å². The Labute approximate surface area is 155 Å². The molecule has 0 unspecified atom stereocenters. The Hall–Kier alpha value is -1.95. The number of nitrogens with one attached hydrogen (secondary N) is 1. The Bertz CT molecular complexity index is 832. The highest BCUT2D eigenvalue weighted by atomic mass is 79.9. The summed E-state index contributed by atoms with van der Waals surface area (Å²) in [4.78, 5) is 17.6. The van der Waals surface area contributed by atoms with E-state index in [9.17, 15) is 4.79 Å². The lowest BCUT2D eigenvalue weighted by Gasteiger charge is -2.12. The molecule has 1 saturated carbocycles. The first kappa shape index (κ1) is 16.5. The fraction of sp³-hybridized carbons (Fsp3) is 0.421. The van der Waals surface area contributed by atoms with Gasteiger partial charge in [-0.1, -0.05) is 47.8 Å². The first-order valence-electron chi connectivity index (χ1n) is 8.90. The third-order valence-corrected chi connectivity index (χ3v) is 5.55. The first-order chi connectivity index (χ1) is 12.2. The predicted octanol–water partition coefficient (Wildman–Crippen LogP) is 4.19. The van der Waals surface area contributed by atoms with Crippen LogP contribution in [0.25, 0.3) is 0 Å². The average molecular weight is 401 g/mol. The molecule has 1 N–H and O–H groups in total. The minimum Gasteiger partial charge on any atom is -0.346 e. The normalized spacial score (nSPS) is 17.8. The molecule has 1 amide bonds. The molecule has 0 bridgehead atoms. The third kappa shape index (κ3) is 3.03. The molecule has 6 heteroatoms.